The highest BCUT2D eigenvalue weighted by atomic mass is 16.4. The monoisotopic (exact) mass is 296 g/mol. The molecule has 2 heteroatoms. The maximum absolute atomic E-state index is 11.4. The molecule has 1 saturated carbocycles. The van der Waals surface area contributed by atoms with Crippen molar-refractivity contribution in [1.82, 2.24) is 0 Å². The lowest BCUT2D eigenvalue weighted by molar-refractivity contribution is -0.146. The van der Waals surface area contributed by atoms with E-state index in [1.807, 2.05) is 0 Å². The third kappa shape index (κ3) is 7.33. The van der Waals surface area contributed by atoms with E-state index in [4.69, 9.17) is 0 Å². The predicted octanol–water partition coefficient (Wildman–Crippen LogP) is 6.04. The maximum atomic E-state index is 11.4. The molecule has 0 amide bonds. The molecule has 0 spiro atoms. The van der Waals surface area contributed by atoms with Gasteiger partial charge in [0.2, 0.25) is 0 Å². The molecule has 2 unspecified atom stereocenters. The molecule has 2 nitrogen and oxygen atoms in total. The molecule has 0 aliphatic heterocycles. The number of carbonyl (C=O) groups is 1. The molecule has 0 aromatic carbocycles. The number of carboxylic acids is 1. The number of hydrogen-bond donors (Lipinski definition) is 1. The molecule has 0 saturated heterocycles. The smallest absolute Gasteiger partial charge is 0.306 e. The lowest BCUT2D eigenvalue weighted by Gasteiger charge is -2.39. The summed E-state index contributed by atoms with van der Waals surface area (Å²) in [6.45, 7) is 6.85. The summed E-state index contributed by atoms with van der Waals surface area (Å²) >= 11 is 0. The topological polar surface area (TPSA) is 37.3 Å². The van der Waals surface area contributed by atoms with Gasteiger partial charge in [0.25, 0.3) is 0 Å². The van der Waals surface area contributed by atoms with Gasteiger partial charge < -0.3 is 5.11 Å². The third-order valence-electron chi connectivity index (χ3n) is 5.26. The van der Waals surface area contributed by atoms with Gasteiger partial charge in [-0.2, -0.15) is 0 Å². The van der Waals surface area contributed by atoms with Crippen LogP contribution in [-0.2, 0) is 4.79 Å². The van der Waals surface area contributed by atoms with Crippen LogP contribution in [0.2, 0.25) is 0 Å². The summed E-state index contributed by atoms with van der Waals surface area (Å²) in [6.07, 6.45) is 14.8. The molecule has 21 heavy (non-hydrogen) atoms. The summed E-state index contributed by atoms with van der Waals surface area (Å²) in [5, 5.41) is 9.40. The Labute approximate surface area is 131 Å². The molecule has 0 radical (unpaired) electrons. The molecule has 1 N–H and O–H groups in total. The van der Waals surface area contributed by atoms with Gasteiger partial charge in [0, 0.05) is 0 Å². The largest absolute Gasteiger partial charge is 0.481 e. The molecule has 0 aromatic rings. The van der Waals surface area contributed by atoms with E-state index in [0.29, 0.717) is 11.3 Å². The van der Waals surface area contributed by atoms with Crippen LogP contribution in [0.4, 0.5) is 0 Å². The molecular weight excluding hydrogens is 260 g/mol. The number of carboxylic acid groups (broad SMARTS) is 1. The summed E-state index contributed by atoms with van der Waals surface area (Å²) in [4.78, 5) is 11.4. The highest BCUT2D eigenvalue weighted by molar-refractivity contribution is 5.70. The fraction of sp³-hybridized carbons (Fsp3) is 0.947. The summed E-state index contributed by atoms with van der Waals surface area (Å²) in [5.74, 6) is -0.232. The highest BCUT2D eigenvalue weighted by Crippen LogP contribution is 2.44. The van der Waals surface area contributed by atoms with Crippen molar-refractivity contribution < 1.29 is 9.90 Å². The molecule has 0 bridgehead atoms. The van der Waals surface area contributed by atoms with Gasteiger partial charge in [-0.25, -0.2) is 0 Å². The van der Waals surface area contributed by atoms with Gasteiger partial charge >= 0.3 is 5.97 Å². The Bertz CT molecular complexity index is 296. The summed E-state index contributed by atoms with van der Waals surface area (Å²) in [5.41, 5.74) is 0.344. The van der Waals surface area contributed by atoms with Crippen molar-refractivity contribution in [2.24, 2.45) is 17.3 Å². The zero-order valence-electron chi connectivity index (χ0n) is 14.5. The number of hydrogen-bond acceptors (Lipinski definition) is 1. The first-order valence-electron chi connectivity index (χ1n) is 9.19. The van der Waals surface area contributed by atoms with Crippen molar-refractivity contribution in [2.45, 2.75) is 97.8 Å². The zero-order valence-corrected chi connectivity index (χ0v) is 14.5. The molecule has 1 aliphatic carbocycles. The zero-order chi connectivity index (χ0) is 15.7. The van der Waals surface area contributed by atoms with Gasteiger partial charge in [-0.15, -0.1) is 0 Å². The minimum atomic E-state index is -0.560. The second-order valence-corrected chi connectivity index (χ2v) is 7.88. The first-order chi connectivity index (χ1) is 9.96. The van der Waals surface area contributed by atoms with Gasteiger partial charge in [0.15, 0.2) is 0 Å². The molecule has 124 valence electrons. The number of unbranched alkanes of at least 4 members (excludes halogenated alkanes) is 7. The molecule has 0 aromatic heterocycles. The van der Waals surface area contributed by atoms with Gasteiger partial charge in [-0.1, -0.05) is 72.1 Å². The Morgan fingerprint density at radius 3 is 2.19 bits per heavy atom. The third-order valence-corrected chi connectivity index (χ3v) is 5.26. The van der Waals surface area contributed by atoms with E-state index < -0.39 is 5.97 Å². The van der Waals surface area contributed by atoms with Gasteiger partial charge in [-0.05, 0) is 37.0 Å². The minimum absolute atomic E-state index is 0.0809. The van der Waals surface area contributed by atoms with Crippen LogP contribution in [0.5, 0.6) is 0 Å². The van der Waals surface area contributed by atoms with E-state index in [9.17, 15) is 9.90 Å². The van der Waals surface area contributed by atoms with Gasteiger partial charge in [0.05, 0.1) is 5.92 Å². The summed E-state index contributed by atoms with van der Waals surface area (Å²) < 4.78 is 0. The maximum Gasteiger partial charge on any atom is 0.306 e. The fourth-order valence-electron chi connectivity index (χ4n) is 3.90. The van der Waals surface area contributed by atoms with E-state index >= 15 is 0 Å². The molecular formula is C19H36O2. The standard InChI is InChI=1S/C19H36O2/c1-4-5-6-7-8-9-10-11-12-16-15-19(2,3)14-13-17(16)18(20)21/h16-17H,4-15H2,1-3H3,(H,20,21). The van der Waals surface area contributed by atoms with Crippen molar-refractivity contribution in [3.63, 3.8) is 0 Å². The molecule has 1 aliphatic rings. The fourth-order valence-corrected chi connectivity index (χ4v) is 3.90. The van der Waals surface area contributed by atoms with Crippen LogP contribution in [0.15, 0.2) is 0 Å². The highest BCUT2D eigenvalue weighted by Gasteiger charge is 2.37. The van der Waals surface area contributed by atoms with Crippen LogP contribution in [-0.4, -0.2) is 11.1 Å². The summed E-state index contributed by atoms with van der Waals surface area (Å²) in [7, 11) is 0. The van der Waals surface area contributed by atoms with E-state index in [1.165, 1.54) is 51.4 Å². The van der Waals surface area contributed by atoms with Crippen LogP contribution >= 0.6 is 0 Å². The Balaban J connectivity index is 2.19. The van der Waals surface area contributed by atoms with Crippen LogP contribution in [0.3, 0.4) is 0 Å². The second kappa shape index (κ2) is 9.48. The lowest BCUT2D eigenvalue weighted by Crippen LogP contribution is -2.34. The van der Waals surface area contributed by atoms with Crippen LogP contribution in [0, 0.1) is 17.3 Å². The average Bonchev–Trinajstić information content (AvgIpc) is 2.40. The van der Waals surface area contributed by atoms with Gasteiger partial charge in [0.1, 0.15) is 0 Å². The van der Waals surface area contributed by atoms with Crippen LogP contribution < -0.4 is 0 Å². The SMILES string of the molecule is CCCCCCCCCCC1CC(C)(C)CCC1C(=O)O. The Morgan fingerprint density at radius 2 is 1.62 bits per heavy atom. The van der Waals surface area contributed by atoms with Gasteiger partial charge in [-0.3, -0.25) is 4.79 Å². The van der Waals surface area contributed by atoms with Crippen LogP contribution in [0.25, 0.3) is 0 Å². The lowest BCUT2D eigenvalue weighted by atomic mass is 9.66. The van der Waals surface area contributed by atoms with Crippen molar-refractivity contribution >= 4 is 5.97 Å². The number of aliphatic carboxylic acids is 1. The quantitative estimate of drug-likeness (QED) is 0.499. The first-order valence-corrected chi connectivity index (χ1v) is 9.19. The van der Waals surface area contributed by atoms with Crippen molar-refractivity contribution in [3.05, 3.63) is 0 Å². The predicted molar refractivity (Wildman–Crippen MR) is 89.5 cm³/mol. The molecule has 0 heterocycles. The number of rotatable bonds is 10. The Kier molecular flexibility index (Phi) is 8.36. The summed E-state index contributed by atoms with van der Waals surface area (Å²) in [6, 6.07) is 0. The van der Waals surface area contributed by atoms with E-state index in [-0.39, 0.29) is 5.92 Å². The van der Waals surface area contributed by atoms with Crippen molar-refractivity contribution in [3.8, 4) is 0 Å². The minimum Gasteiger partial charge on any atom is -0.481 e. The van der Waals surface area contributed by atoms with Crippen molar-refractivity contribution in [1.29, 1.82) is 0 Å². The normalized spacial score (nSPS) is 24.9. The Hall–Kier alpha value is -0.530. The molecule has 1 fully saturated rings. The Morgan fingerprint density at radius 1 is 1.05 bits per heavy atom. The van der Waals surface area contributed by atoms with E-state index in [1.54, 1.807) is 0 Å². The molecule has 2 atom stereocenters. The average molecular weight is 296 g/mol. The molecule has 1 rings (SSSR count). The second-order valence-electron chi connectivity index (χ2n) is 7.88. The van der Waals surface area contributed by atoms with E-state index in [0.717, 1.165) is 25.7 Å². The van der Waals surface area contributed by atoms with Crippen molar-refractivity contribution in [2.75, 3.05) is 0 Å². The first kappa shape index (κ1) is 18.5. The van der Waals surface area contributed by atoms with Crippen LogP contribution in [0.1, 0.15) is 97.8 Å². The van der Waals surface area contributed by atoms with E-state index in [2.05, 4.69) is 20.8 Å².